The Labute approximate surface area is 177 Å². The minimum absolute atomic E-state index is 0.281. The third-order valence-electron chi connectivity index (χ3n) is 3.85. The SMILES string of the molecule is O=Cc1cccnc1-c1ccc(C(F)(F)F)s1.O=Cc1cccnc1-c1ccsc1. The van der Waals surface area contributed by atoms with Crippen LogP contribution < -0.4 is 0 Å². The molecule has 0 saturated heterocycles. The molecular formula is C21H13F3N2O2S2. The molecule has 30 heavy (non-hydrogen) atoms. The van der Waals surface area contributed by atoms with Crippen LogP contribution in [0.1, 0.15) is 25.6 Å². The van der Waals surface area contributed by atoms with Gasteiger partial charge >= 0.3 is 6.18 Å². The highest BCUT2D eigenvalue weighted by molar-refractivity contribution is 7.15. The number of hydrogen-bond donors (Lipinski definition) is 0. The average molecular weight is 446 g/mol. The maximum Gasteiger partial charge on any atom is 0.425 e. The van der Waals surface area contributed by atoms with Gasteiger partial charge in [-0.2, -0.15) is 24.5 Å². The summed E-state index contributed by atoms with van der Waals surface area (Å²) >= 11 is 2.17. The van der Waals surface area contributed by atoms with E-state index in [0.717, 1.165) is 23.6 Å². The van der Waals surface area contributed by atoms with Crippen LogP contribution in [0.15, 0.2) is 65.6 Å². The molecule has 4 rings (SSSR count). The summed E-state index contributed by atoms with van der Waals surface area (Å²) in [6, 6.07) is 10.9. The number of aromatic nitrogens is 2. The maximum atomic E-state index is 12.4. The maximum absolute atomic E-state index is 12.4. The van der Waals surface area contributed by atoms with Gasteiger partial charge in [0.25, 0.3) is 0 Å². The highest BCUT2D eigenvalue weighted by Crippen LogP contribution is 2.38. The number of aldehydes is 2. The summed E-state index contributed by atoms with van der Waals surface area (Å²) in [6.45, 7) is 0. The van der Waals surface area contributed by atoms with Crippen molar-refractivity contribution in [3.8, 4) is 21.8 Å². The quantitative estimate of drug-likeness (QED) is 0.347. The van der Waals surface area contributed by atoms with Crippen molar-refractivity contribution >= 4 is 35.2 Å². The van der Waals surface area contributed by atoms with Gasteiger partial charge < -0.3 is 0 Å². The first kappa shape index (κ1) is 21.5. The Morgan fingerprint density at radius 1 is 0.833 bits per heavy atom. The minimum Gasteiger partial charge on any atom is -0.298 e. The molecule has 0 unspecified atom stereocenters. The van der Waals surface area contributed by atoms with Gasteiger partial charge in [0, 0.05) is 34.5 Å². The molecule has 0 fully saturated rings. The van der Waals surface area contributed by atoms with Crippen LogP contribution in [-0.4, -0.2) is 22.5 Å². The zero-order chi connectivity index (χ0) is 21.6. The van der Waals surface area contributed by atoms with Crippen molar-refractivity contribution in [1.29, 1.82) is 0 Å². The summed E-state index contributed by atoms with van der Waals surface area (Å²) < 4.78 is 37.3. The van der Waals surface area contributed by atoms with Gasteiger partial charge in [0.1, 0.15) is 4.88 Å². The molecule has 0 aliphatic carbocycles. The highest BCUT2D eigenvalue weighted by Gasteiger charge is 2.32. The molecule has 0 saturated carbocycles. The fraction of sp³-hybridized carbons (Fsp3) is 0.0476. The van der Waals surface area contributed by atoms with Gasteiger partial charge in [0.15, 0.2) is 12.6 Å². The third kappa shape index (κ3) is 5.05. The lowest BCUT2D eigenvalue weighted by atomic mass is 10.1. The molecule has 4 aromatic heterocycles. The normalized spacial score (nSPS) is 10.8. The highest BCUT2D eigenvalue weighted by atomic mass is 32.1. The molecule has 0 aromatic carbocycles. The van der Waals surface area contributed by atoms with E-state index in [-0.39, 0.29) is 11.3 Å². The number of thiophene rings is 2. The molecule has 0 aliphatic rings. The summed E-state index contributed by atoms with van der Waals surface area (Å²) in [6.07, 6.45) is 0.184. The molecule has 0 amide bonds. The van der Waals surface area contributed by atoms with Gasteiger partial charge in [0.05, 0.1) is 16.3 Å². The van der Waals surface area contributed by atoms with Crippen molar-refractivity contribution in [3.63, 3.8) is 0 Å². The number of pyridine rings is 2. The van der Waals surface area contributed by atoms with E-state index >= 15 is 0 Å². The van der Waals surface area contributed by atoms with Crippen molar-refractivity contribution in [1.82, 2.24) is 9.97 Å². The van der Waals surface area contributed by atoms with Crippen molar-refractivity contribution < 1.29 is 22.8 Å². The fourth-order valence-electron chi connectivity index (χ4n) is 2.49. The van der Waals surface area contributed by atoms with Gasteiger partial charge in [-0.1, -0.05) is 0 Å². The van der Waals surface area contributed by atoms with E-state index in [9.17, 15) is 22.8 Å². The Morgan fingerprint density at radius 3 is 2.00 bits per heavy atom. The molecule has 4 nitrogen and oxygen atoms in total. The van der Waals surface area contributed by atoms with Gasteiger partial charge in [-0.3, -0.25) is 19.6 Å². The van der Waals surface area contributed by atoms with E-state index < -0.39 is 11.1 Å². The first-order valence-corrected chi connectivity index (χ1v) is 10.2. The lowest BCUT2D eigenvalue weighted by Gasteiger charge is -2.02. The van der Waals surface area contributed by atoms with Crippen LogP contribution in [0, 0.1) is 0 Å². The molecule has 0 aliphatic heterocycles. The van der Waals surface area contributed by atoms with Crippen LogP contribution in [0.2, 0.25) is 0 Å². The number of alkyl halides is 3. The first-order chi connectivity index (χ1) is 14.4. The van der Waals surface area contributed by atoms with E-state index in [1.54, 1.807) is 35.7 Å². The number of halogens is 3. The van der Waals surface area contributed by atoms with Gasteiger partial charge in [-0.05, 0) is 47.8 Å². The van der Waals surface area contributed by atoms with E-state index in [0.29, 0.717) is 28.1 Å². The minimum atomic E-state index is -4.36. The Morgan fingerprint density at radius 2 is 1.47 bits per heavy atom. The zero-order valence-electron chi connectivity index (χ0n) is 15.2. The Balaban J connectivity index is 0.000000177. The number of nitrogens with zero attached hydrogens (tertiary/aromatic N) is 2. The molecule has 0 spiro atoms. The number of rotatable bonds is 4. The molecule has 0 N–H and O–H groups in total. The third-order valence-corrected chi connectivity index (χ3v) is 5.67. The average Bonchev–Trinajstić information content (AvgIpc) is 3.46. The summed E-state index contributed by atoms with van der Waals surface area (Å²) in [5, 5.41) is 3.95. The standard InChI is InChI=1S/C11H6F3NOS.C10H7NOS/c12-11(13,14)9-4-3-8(17-9)10-7(6-16)2-1-5-15-10;12-6-8-2-1-4-11-10(8)9-3-5-13-7-9/h1-6H;1-7H. The summed E-state index contributed by atoms with van der Waals surface area (Å²) in [5.41, 5.74) is 2.97. The van der Waals surface area contributed by atoms with E-state index in [1.807, 2.05) is 16.8 Å². The van der Waals surface area contributed by atoms with Crippen LogP contribution in [0.25, 0.3) is 21.8 Å². The van der Waals surface area contributed by atoms with Gasteiger partial charge in [0.2, 0.25) is 0 Å². The molecule has 9 heteroatoms. The monoisotopic (exact) mass is 446 g/mol. The van der Waals surface area contributed by atoms with Crippen LogP contribution in [0.5, 0.6) is 0 Å². The molecule has 4 aromatic rings. The van der Waals surface area contributed by atoms with E-state index in [4.69, 9.17) is 0 Å². The van der Waals surface area contributed by atoms with Gasteiger partial charge in [-0.15, -0.1) is 11.3 Å². The number of carbonyl (C=O) groups excluding carboxylic acids is 2. The molecule has 4 heterocycles. The van der Waals surface area contributed by atoms with Crippen LogP contribution in [0.4, 0.5) is 13.2 Å². The largest absolute Gasteiger partial charge is 0.425 e. The summed E-state index contributed by atoms with van der Waals surface area (Å²) in [7, 11) is 0. The molecule has 0 bridgehead atoms. The topological polar surface area (TPSA) is 59.9 Å². The van der Waals surface area contributed by atoms with E-state index in [1.165, 1.54) is 18.3 Å². The summed E-state index contributed by atoms with van der Waals surface area (Å²) in [5.74, 6) is 0. The smallest absolute Gasteiger partial charge is 0.298 e. The Hall–Kier alpha value is -3.17. The zero-order valence-corrected chi connectivity index (χ0v) is 16.8. The lowest BCUT2D eigenvalue weighted by Crippen LogP contribution is -2.00. The second kappa shape index (κ2) is 9.55. The second-order valence-electron chi connectivity index (χ2n) is 5.79. The molecule has 0 radical (unpaired) electrons. The number of hydrogen-bond acceptors (Lipinski definition) is 6. The van der Waals surface area contributed by atoms with Crippen LogP contribution in [0.3, 0.4) is 0 Å². The van der Waals surface area contributed by atoms with Crippen molar-refractivity contribution in [3.05, 3.63) is 81.6 Å². The van der Waals surface area contributed by atoms with Gasteiger partial charge in [-0.25, -0.2) is 0 Å². The van der Waals surface area contributed by atoms with Crippen LogP contribution in [-0.2, 0) is 6.18 Å². The molecule has 152 valence electrons. The summed E-state index contributed by atoms with van der Waals surface area (Å²) in [4.78, 5) is 29.2. The Kier molecular flexibility index (Phi) is 6.86. The molecule has 0 atom stereocenters. The predicted molar refractivity (Wildman–Crippen MR) is 111 cm³/mol. The molecular weight excluding hydrogens is 433 g/mol. The van der Waals surface area contributed by atoms with Crippen molar-refractivity contribution in [2.45, 2.75) is 6.18 Å². The van der Waals surface area contributed by atoms with Crippen LogP contribution >= 0.6 is 22.7 Å². The van der Waals surface area contributed by atoms with Crippen molar-refractivity contribution in [2.24, 2.45) is 0 Å². The predicted octanol–water partition coefficient (Wildman–Crippen LogP) is 6.26. The van der Waals surface area contributed by atoms with E-state index in [2.05, 4.69) is 9.97 Å². The first-order valence-electron chi connectivity index (χ1n) is 8.44. The second-order valence-corrected chi connectivity index (χ2v) is 7.66. The lowest BCUT2D eigenvalue weighted by molar-refractivity contribution is -0.134. The number of carbonyl (C=O) groups is 2. The van der Waals surface area contributed by atoms with Crippen molar-refractivity contribution in [2.75, 3.05) is 0 Å². The fourth-order valence-corrected chi connectivity index (χ4v) is 4.02. The Bertz CT molecular complexity index is 1140.